The monoisotopic (exact) mass is 320 g/mol. The maximum atomic E-state index is 11.3. The SMILES string of the molecule is Cc1cc(C)c(C(=O)O)c(Nc2cccc(Br)c2)n1. The molecule has 2 rings (SSSR count). The lowest BCUT2D eigenvalue weighted by atomic mass is 10.1. The number of benzene rings is 1. The lowest BCUT2D eigenvalue weighted by Crippen LogP contribution is -2.08. The number of carboxylic acid groups (broad SMARTS) is 1. The van der Waals surface area contributed by atoms with Crippen LogP contribution in [-0.2, 0) is 0 Å². The third kappa shape index (κ3) is 3.12. The Hall–Kier alpha value is -1.88. The van der Waals surface area contributed by atoms with Crippen LogP contribution in [0.1, 0.15) is 21.6 Å². The summed E-state index contributed by atoms with van der Waals surface area (Å²) in [7, 11) is 0. The van der Waals surface area contributed by atoms with E-state index in [0.717, 1.165) is 15.9 Å². The Morgan fingerprint density at radius 3 is 2.68 bits per heavy atom. The molecule has 0 aliphatic rings. The predicted octanol–water partition coefficient (Wildman–Crippen LogP) is 3.90. The summed E-state index contributed by atoms with van der Waals surface area (Å²) in [5.41, 5.74) is 2.46. The first-order valence-electron chi connectivity index (χ1n) is 5.71. The second-order valence-corrected chi connectivity index (χ2v) is 5.16. The first-order chi connectivity index (χ1) is 8.97. The van der Waals surface area contributed by atoms with Crippen molar-refractivity contribution in [3.05, 3.63) is 51.6 Å². The lowest BCUT2D eigenvalue weighted by molar-refractivity contribution is 0.0697. The van der Waals surface area contributed by atoms with Gasteiger partial charge in [-0.2, -0.15) is 0 Å². The van der Waals surface area contributed by atoms with Crippen molar-refractivity contribution in [3.63, 3.8) is 0 Å². The number of pyridine rings is 1. The fraction of sp³-hybridized carbons (Fsp3) is 0.143. The number of hydrogen-bond donors (Lipinski definition) is 2. The van der Waals surface area contributed by atoms with Gasteiger partial charge in [0.15, 0.2) is 0 Å². The van der Waals surface area contributed by atoms with Crippen LogP contribution in [-0.4, -0.2) is 16.1 Å². The summed E-state index contributed by atoms with van der Waals surface area (Å²) in [6.45, 7) is 3.61. The summed E-state index contributed by atoms with van der Waals surface area (Å²) in [6.07, 6.45) is 0. The van der Waals surface area contributed by atoms with E-state index in [1.54, 1.807) is 13.0 Å². The summed E-state index contributed by atoms with van der Waals surface area (Å²) >= 11 is 3.38. The standard InChI is InChI=1S/C14H13BrN2O2/c1-8-6-9(2)16-13(12(8)14(18)19)17-11-5-3-4-10(15)7-11/h3-7H,1-2H3,(H,16,17)(H,18,19). The Kier molecular flexibility index (Phi) is 3.85. The van der Waals surface area contributed by atoms with E-state index in [2.05, 4.69) is 26.2 Å². The van der Waals surface area contributed by atoms with Crippen molar-refractivity contribution in [1.82, 2.24) is 4.98 Å². The Balaban J connectivity index is 2.47. The van der Waals surface area contributed by atoms with Gasteiger partial charge in [-0.15, -0.1) is 0 Å². The van der Waals surface area contributed by atoms with Gasteiger partial charge in [0.1, 0.15) is 11.4 Å². The summed E-state index contributed by atoms with van der Waals surface area (Å²) in [5.74, 6) is -0.620. The summed E-state index contributed by atoms with van der Waals surface area (Å²) in [6, 6.07) is 9.25. The zero-order valence-corrected chi connectivity index (χ0v) is 12.2. The van der Waals surface area contributed by atoms with E-state index in [4.69, 9.17) is 0 Å². The number of aryl methyl sites for hydroxylation is 2. The molecule has 2 aromatic rings. The van der Waals surface area contributed by atoms with Crippen LogP contribution in [0.25, 0.3) is 0 Å². The predicted molar refractivity (Wildman–Crippen MR) is 78.1 cm³/mol. The molecule has 0 aliphatic carbocycles. The molecule has 98 valence electrons. The molecule has 0 fully saturated rings. The van der Waals surface area contributed by atoms with Gasteiger partial charge in [0.2, 0.25) is 0 Å². The van der Waals surface area contributed by atoms with Crippen LogP contribution in [0.3, 0.4) is 0 Å². The molecule has 4 nitrogen and oxygen atoms in total. The van der Waals surface area contributed by atoms with E-state index in [-0.39, 0.29) is 5.56 Å². The molecule has 5 heteroatoms. The molecule has 0 atom stereocenters. The Morgan fingerprint density at radius 2 is 2.05 bits per heavy atom. The average molecular weight is 321 g/mol. The van der Waals surface area contributed by atoms with Crippen LogP contribution in [0.5, 0.6) is 0 Å². The molecule has 2 N–H and O–H groups in total. The number of rotatable bonds is 3. The Morgan fingerprint density at radius 1 is 1.32 bits per heavy atom. The van der Waals surface area contributed by atoms with Gasteiger partial charge in [-0.25, -0.2) is 9.78 Å². The van der Waals surface area contributed by atoms with Crippen molar-refractivity contribution in [3.8, 4) is 0 Å². The Labute approximate surface area is 119 Å². The summed E-state index contributed by atoms with van der Waals surface area (Å²) in [5, 5.41) is 12.3. The van der Waals surface area contributed by atoms with E-state index >= 15 is 0 Å². The number of anilines is 2. The molecule has 1 heterocycles. The fourth-order valence-corrected chi connectivity index (χ4v) is 2.30. The first-order valence-corrected chi connectivity index (χ1v) is 6.51. The van der Waals surface area contributed by atoms with E-state index in [1.807, 2.05) is 31.2 Å². The number of halogens is 1. The van der Waals surface area contributed by atoms with Crippen LogP contribution < -0.4 is 5.32 Å². The number of hydrogen-bond acceptors (Lipinski definition) is 3. The zero-order valence-electron chi connectivity index (χ0n) is 10.6. The number of aromatic nitrogens is 1. The van der Waals surface area contributed by atoms with E-state index in [1.165, 1.54) is 0 Å². The molecule has 1 aromatic carbocycles. The number of carbonyl (C=O) groups is 1. The summed E-state index contributed by atoms with van der Waals surface area (Å²) in [4.78, 5) is 15.6. The molecule has 1 aromatic heterocycles. The van der Waals surface area contributed by atoms with Gasteiger partial charge >= 0.3 is 5.97 Å². The molecule has 0 saturated heterocycles. The van der Waals surface area contributed by atoms with Crippen molar-refractivity contribution < 1.29 is 9.90 Å². The van der Waals surface area contributed by atoms with E-state index in [0.29, 0.717) is 11.4 Å². The molecule has 0 saturated carbocycles. The highest BCUT2D eigenvalue weighted by atomic mass is 79.9. The van der Waals surface area contributed by atoms with E-state index in [9.17, 15) is 9.90 Å². The smallest absolute Gasteiger partial charge is 0.339 e. The molecule has 0 radical (unpaired) electrons. The third-order valence-electron chi connectivity index (χ3n) is 2.65. The van der Waals surface area contributed by atoms with Gasteiger partial charge in [0, 0.05) is 15.9 Å². The topological polar surface area (TPSA) is 62.2 Å². The van der Waals surface area contributed by atoms with Gasteiger partial charge in [-0.05, 0) is 43.7 Å². The number of nitrogens with zero attached hydrogens (tertiary/aromatic N) is 1. The molecule has 0 amide bonds. The maximum absolute atomic E-state index is 11.3. The van der Waals surface area contributed by atoms with E-state index < -0.39 is 5.97 Å². The lowest BCUT2D eigenvalue weighted by Gasteiger charge is -2.12. The van der Waals surface area contributed by atoms with Gasteiger partial charge in [-0.3, -0.25) is 0 Å². The zero-order chi connectivity index (χ0) is 14.0. The van der Waals surface area contributed by atoms with Crippen LogP contribution in [0, 0.1) is 13.8 Å². The van der Waals surface area contributed by atoms with Crippen molar-refractivity contribution in [2.75, 3.05) is 5.32 Å². The number of nitrogens with one attached hydrogen (secondary N) is 1. The molecule has 0 bridgehead atoms. The molecule has 0 unspecified atom stereocenters. The molecule has 19 heavy (non-hydrogen) atoms. The van der Waals surface area contributed by atoms with Crippen LogP contribution in [0.15, 0.2) is 34.8 Å². The highest BCUT2D eigenvalue weighted by Gasteiger charge is 2.15. The highest BCUT2D eigenvalue weighted by Crippen LogP contribution is 2.24. The third-order valence-corrected chi connectivity index (χ3v) is 3.14. The van der Waals surface area contributed by atoms with Crippen molar-refractivity contribution >= 4 is 33.4 Å². The molecule has 0 spiro atoms. The van der Waals surface area contributed by atoms with Crippen molar-refractivity contribution in [2.24, 2.45) is 0 Å². The van der Waals surface area contributed by atoms with Crippen LogP contribution in [0.4, 0.5) is 11.5 Å². The normalized spacial score (nSPS) is 10.3. The van der Waals surface area contributed by atoms with Crippen LogP contribution >= 0.6 is 15.9 Å². The van der Waals surface area contributed by atoms with Crippen molar-refractivity contribution in [1.29, 1.82) is 0 Å². The number of aromatic carboxylic acids is 1. The minimum absolute atomic E-state index is 0.200. The largest absolute Gasteiger partial charge is 0.478 e. The molecular formula is C14H13BrN2O2. The quantitative estimate of drug-likeness (QED) is 0.900. The average Bonchev–Trinajstić information content (AvgIpc) is 2.26. The minimum Gasteiger partial charge on any atom is -0.478 e. The summed E-state index contributed by atoms with van der Waals surface area (Å²) < 4.78 is 0.916. The van der Waals surface area contributed by atoms with Gasteiger partial charge in [-0.1, -0.05) is 22.0 Å². The first kappa shape index (κ1) is 13.5. The second kappa shape index (κ2) is 5.40. The van der Waals surface area contributed by atoms with Crippen molar-refractivity contribution in [2.45, 2.75) is 13.8 Å². The Bertz CT molecular complexity index is 641. The molecule has 0 aliphatic heterocycles. The number of carboxylic acids is 1. The maximum Gasteiger partial charge on any atom is 0.339 e. The second-order valence-electron chi connectivity index (χ2n) is 4.24. The molecular weight excluding hydrogens is 308 g/mol. The highest BCUT2D eigenvalue weighted by molar-refractivity contribution is 9.10. The van der Waals surface area contributed by atoms with Gasteiger partial charge < -0.3 is 10.4 Å². The van der Waals surface area contributed by atoms with Gasteiger partial charge in [0.05, 0.1) is 0 Å². The van der Waals surface area contributed by atoms with Gasteiger partial charge in [0.25, 0.3) is 0 Å². The minimum atomic E-state index is -0.984. The van der Waals surface area contributed by atoms with Crippen LogP contribution in [0.2, 0.25) is 0 Å². The fourth-order valence-electron chi connectivity index (χ4n) is 1.90.